The van der Waals surface area contributed by atoms with E-state index in [1.165, 1.54) is 0 Å². The molecule has 1 heterocycles. The van der Waals surface area contributed by atoms with Crippen LogP contribution in [0.3, 0.4) is 0 Å². The molecule has 3 heteroatoms. The van der Waals surface area contributed by atoms with Crippen molar-refractivity contribution in [3.05, 3.63) is 23.7 Å². The lowest BCUT2D eigenvalue weighted by molar-refractivity contribution is 0.205. The minimum absolute atomic E-state index is 0.200. The zero-order valence-corrected chi connectivity index (χ0v) is 9.46. The Hall–Kier alpha value is -1.74. The lowest BCUT2D eigenvalue weighted by Gasteiger charge is -2.29. The van der Waals surface area contributed by atoms with E-state index in [-0.39, 0.29) is 5.41 Å². The van der Waals surface area contributed by atoms with Crippen LogP contribution >= 0.6 is 0 Å². The Morgan fingerprint density at radius 1 is 1.20 bits per heavy atom. The number of hydrogen-bond donors (Lipinski definition) is 0. The summed E-state index contributed by atoms with van der Waals surface area (Å²) in [5.41, 5.74) is -1.38. The number of rotatable bonds is 0. The van der Waals surface area contributed by atoms with Crippen LogP contribution in [0.2, 0.25) is 0 Å². The SMILES string of the molecule is CC1=CC(C#N)(C#N)C=C(C(C)(C)C)O1. The third-order valence-electron chi connectivity index (χ3n) is 2.17. The van der Waals surface area contributed by atoms with Gasteiger partial charge < -0.3 is 4.74 Å². The van der Waals surface area contributed by atoms with Gasteiger partial charge in [0.1, 0.15) is 5.76 Å². The maximum Gasteiger partial charge on any atom is 0.186 e. The van der Waals surface area contributed by atoms with E-state index in [0.717, 1.165) is 0 Å². The van der Waals surface area contributed by atoms with Crippen molar-refractivity contribution in [3.8, 4) is 12.1 Å². The molecule has 0 saturated carbocycles. The van der Waals surface area contributed by atoms with E-state index in [1.54, 1.807) is 19.1 Å². The fraction of sp³-hybridized carbons (Fsp3) is 0.500. The van der Waals surface area contributed by atoms with Gasteiger partial charge in [0.15, 0.2) is 5.41 Å². The summed E-state index contributed by atoms with van der Waals surface area (Å²) in [6.45, 7) is 7.70. The summed E-state index contributed by atoms with van der Waals surface area (Å²) in [5, 5.41) is 18.1. The van der Waals surface area contributed by atoms with Crippen molar-refractivity contribution in [3.63, 3.8) is 0 Å². The van der Waals surface area contributed by atoms with Gasteiger partial charge in [-0.15, -0.1) is 0 Å². The van der Waals surface area contributed by atoms with Crippen molar-refractivity contribution in [1.82, 2.24) is 0 Å². The zero-order chi connectivity index (χ0) is 11.7. The molecule has 0 aromatic carbocycles. The summed E-state index contributed by atoms with van der Waals surface area (Å²) in [7, 11) is 0. The van der Waals surface area contributed by atoms with Gasteiger partial charge in [-0.2, -0.15) is 10.5 Å². The number of nitriles is 2. The standard InChI is InChI=1S/C12H14N2O/c1-9-5-12(7-13,8-14)6-10(15-9)11(2,3)4/h5-6H,1-4H3. The third kappa shape index (κ3) is 2.19. The Balaban J connectivity index is 3.24. The largest absolute Gasteiger partial charge is 0.466 e. The Kier molecular flexibility index (Phi) is 2.60. The first-order chi connectivity index (χ1) is 6.83. The fourth-order valence-corrected chi connectivity index (χ4v) is 1.33. The van der Waals surface area contributed by atoms with Crippen LogP contribution in [0.25, 0.3) is 0 Å². The fourth-order valence-electron chi connectivity index (χ4n) is 1.33. The molecule has 0 fully saturated rings. The van der Waals surface area contributed by atoms with Crippen molar-refractivity contribution < 1.29 is 4.74 Å². The molecule has 1 aliphatic heterocycles. The molecule has 0 N–H and O–H groups in total. The summed E-state index contributed by atoms with van der Waals surface area (Å²) in [5.74, 6) is 1.27. The van der Waals surface area contributed by atoms with E-state index in [9.17, 15) is 0 Å². The molecule has 3 nitrogen and oxygen atoms in total. The Morgan fingerprint density at radius 2 is 1.73 bits per heavy atom. The number of allylic oxidation sites excluding steroid dienone is 4. The lowest BCUT2D eigenvalue weighted by atomic mass is 9.83. The number of ether oxygens (including phenoxy) is 1. The predicted octanol–water partition coefficient (Wildman–Crippen LogP) is 2.88. The molecule has 0 unspecified atom stereocenters. The van der Waals surface area contributed by atoms with Gasteiger partial charge in [0, 0.05) is 5.41 Å². The molecule has 0 bridgehead atoms. The summed E-state index contributed by atoms with van der Waals surface area (Å²) in [4.78, 5) is 0. The highest BCUT2D eigenvalue weighted by molar-refractivity contribution is 5.38. The first-order valence-electron chi connectivity index (χ1n) is 4.76. The summed E-state index contributed by atoms with van der Waals surface area (Å²) in [6.07, 6.45) is 3.14. The monoisotopic (exact) mass is 202 g/mol. The minimum atomic E-state index is -1.18. The van der Waals surface area contributed by atoms with E-state index < -0.39 is 5.41 Å². The highest BCUT2D eigenvalue weighted by atomic mass is 16.5. The van der Waals surface area contributed by atoms with Crippen LogP contribution in [0.15, 0.2) is 23.7 Å². The quantitative estimate of drug-likeness (QED) is 0.606. The molecule has 1 rings (SSSR count). The maximum atomic E-state index is 9.03. The van der Waals surface area contributed by atoms with Gasteiger partial charge in [0.05, 0.1) is 17.9 Å². The predicted molar refractivity (Wildman–Crippen MR) is 56.0 cm³/mol. The summed E-state index contributed by atoms with van der Waals surface area (Å²) >= 11 is 0. The molecule has 0 atom stereocenters. The molecule has 78 valence electrons. The van der Waals surface area contributed by atoms with E-state index in [2.05, 4.69) is 0 Å². The van der Waals surface area contributed by atoms with Crippen LogP contribution in [-0.4, -0.2) is 0 Å². The molecule has 0 aromatic rings. The second-order valence-electron chi connectivity index (χ2n) is 4.71. The zero-order valence-electron chi connectivity index (χ0n) is 9.46. The molecule has 0 aromatic heterocycles. The molecular weight excluding hydrogens is 188 g/mol. The first-order valence-corrected chi connectivity index (χ1v) is 4.76. The molecule has 0 saturated heterocycles. The van der Waals surface area contributed by atoms with Crippen molar-refractivity contribution in [2.75, 3.05) is 0 Å². The molecule has 1 aliphatic rings. The van der Waals surface area contributed by atoms with Crippen molar-refractivity contribution in [2.24, 2.45) is 10.8 Å². The Labute approximate surface area is 90.3 Å². The minimum Gasteiger partial charge on any atom is -0.466 e. The second kappa shape index (κ2) is 3.44. The van der Waals surface area contributed by atoms with E-state index >= 15 is 0 Å². The van der Waals surface area contributed by atoms with Gasteiger partial charge in [-0.1, -0.05) is 20.8 Å². The first kappa shape index (κ1) is 11.3. The molecule has 0 spiro atoms. The number of hydrogen-bond acceptors (Lipinski definition) is 3. The van der Waals surface area contributed by atoms with Gasteiger partial charge in [-0.3, -0.25) is 0 Å². The van der Waals surface area contributed by atoms with Crippen LogP contribution in [0.4, 0.5) is 0 Å². The van der Waals surface area contributed by atoms with Crippen LogP contribution in [-0.2, 0) is 4.74 Å². The molecule has 0 aliphatic carbocycles. The average Bonchev–Trinajstić information content (AvgIpc) is 2.15. The Morgan fingerprint density at radius 3 is 2.13 bits per heavy atom. The van der Waals surface area contributed by atoms with Crippen LogP contribution < -0.4 is 0 Å². The van der Waals surface area contributed by atoms with Crippen molar-refractivity contribution in [1.29, 1.82) is 10.5 Å². The molecular formula is C12H14N2O. The average molecular weight is 202 g/mol. The lowest BCUT2D eigenvalue weighted by Crippen LogP contribution is -2.22. The normalized spacial score (nSPS) is 19.1. The van der Waals surface area contributed by atoms with Crippen LogP contribution in [0, 0.1) is 33.5 Å². The molecule has 0 amide bonds. The second-order valence-corrected chi connectivity index (χ2v) is 4.71. The third-order valence-corrected chi connectivity index (χ3v) is 2.17. The Bertz CT molecular complexity index is 396. The highest BCUT2D eigenvalue weighted by Gasteiger charge is 2.34. The van der Waals surface area contributed by atoms with Crippen molar-refractivity contribution in [2.45, 2.75) is 27.7 Å². The van der Waals surface area contributed by atoms with Gasteiger partial charge >= 0.3 is 0 Å². The smallest absolute Gasteiger partial charge is 0.186 e. The molecule has 0 radical (unpaired) electrons. The van der Waals surface area contributed by atoms with Gasteiger partial charge in [-0.05, 0) is 19.1 Å². The van der Waals surface area contributed by atoms with E-state index in [4.69, 9.17) is 15.3 Å². The highest BCUT2D eigenvalue weighted by Crippen LogP contribution is 2.37. The molecule has 15 heavy (non-hydrogen) atoms. The van der Waals surface area contributed by atoms with E-state index in [0.29, 0.717) is 11.5 Å². The topological polar surface area (TPSA) is 56.8 Å². The van der Waals surface area contributed by atoms with Crippen LogP contribution in [0.5, 0.6) is 0 Å². The number of nitrogens with zero attached hydrogens (tertiary/aromatic N) is 2. The summed E-state index contributed by atoms with van der Waals surface area (Å²) in [6, 6.07) is 4.01. The maximum absolute atomic E-state index is 9.03. The van der Waals surface area contributed by atoms with Crippen LogP contribution in [0.1, 0.15) is 27.7 Å². The van der Waals surface area contributed by atoms with Gasteiger partial charge in [0.2, 0.25) is 0 Å². The van der Waals surface area contributed by atoms with Gasteiger partial charge in [-0.25, -0.2) is 0 Å². The van der Waals surface area contributed by atoms with Crippen molar-refractivity contribution >= 4 is 0 Å². The van der Waals surface area contributed by atoms with Gasteiger partial charge in [0.25, 0.3) is 0 Å². The van der Waals surface area contributed by atoms with E-state index in [1.807, 2.05) is 32.9 Å². The summed E-state index contributed by atoms with van der Waals surface area (Å²) < 4.78 is 5.53.